The fraction of sp³-hybridized carbons (Fsp3) is 0.188. The SMILES string of the molecule is CCOC(=O)C1=Nc2cnc3c4ccccc4cc-3n2C1. The number of esters is 1. The quantitative estimate of drug-likeness (QED) is 0.678. The Bertz CT molecular complexity index is 863. The summed E-state index contributed by atoms with van der Waals surface area (Å²) in [5.41, 5.74) is 2.36. The maximum Gasteiger partial charge on any atom is 0.354 e. The summed E-state index contributed by atoms with van der Waals surface area (Å²) < 4.78 is 7.03. The van der Waals surface area contributed by atoms with Crippen LogP contribution in [-0.2, 0) is 16.1 Å². The van der Waals surface area contributed by atoms with E-state index in [0.29, 0.717) is 24.7 Å². The zero-order valence-corrected chi connectivity index (χ0v) is 11.5. The number of nitrogens with zero attached hydrogens (tertiary/aromatic N) is 3. The third kappa shape index (κ3) is 1.74. The Morgan fingerprint density at radius 2 is 2.24 bits per heavy atom. The van der Waals surface area contributed by atoms with Crippen molar-refractivity contribution in [2.45, 2.75) is 13.5 Å². The summed E-state index contributed by atoms with van der Waals surface area (Å²) in [7, 11) is 0. The van der Waals surface area contributed by atoms with Gasteiger partial charge in [0, 0.05) is 5.39 Å². The number of rotatable bonds is 2. The number of hydrogen-bond acceptors (Lipinski definition) is 4. The van der Waals surface area contributed by atoms with Gasteiger partial charge in [-0.15, -0.1) is 0 Å². The van der Waals surface area contributed by atoms with E-state index in [1.165, 1.54) is 0 Å². The lowest BCUT2D eigenvalue weighted by Crippen LogP contribution is -2.19. The number of hydrogen-bond donors (Lipinski definition) is 0. The molecule has 1 aliphatic carbocycles. The molecule has 0 amide bonds. The predicted octanol–water partition coefficient (Wildman–Crippen LogP) is 2.79. The molecule has 21 heavy (non-hydrogen) atoms. The lowest BCUT2D eigenvalue weighted by molar-refractivity contribution is -0.135. The molecular weight excluding hydrogens is 266 g/mol. The largest absolute Gasteiger partial charge is 0.461 e. The average molecular weight is 279 g/mol. The molecule has 104 valence electrons. The van der Waals surface area contributed by atoms with Gasteiger partial charge in [0.25, 0.3) is 0 Å². The summed E-state index contributed by atoms with van der Waals surface area (Å²) in [6.45, 7) is 2.58. The van der Waals surface area contributed by atoms with Gasteiger partial charge in [-0.1, -0.05) is 24.3 Å². The lowest BCUT2D eigenvalue weighted by Gasteiger charge is -2.09. The minimum absolute atomic E-state index is 0.354. The number of aliphatic imine (C=N–C) groups is 1. The molecule has 0 unspecified atom stereocenters. The molecule has 0 N–H and O–H groups in total. The number of fused-ring (bicyclic) bond motifs is 5. The van der Waals surface area contributed by atoms with Crippen molar-refractivity contribution in [3.05, 3.63) is 36.5 Å². The molecule has 0 atom stereocenters. The minimum atomic E-state index is -0.356. The number of benzene rings is 1. The van der Waals surface area contributed by atoms with Gasteiger partial charge >= 0.3 is 5.97 Å². The first-order valence-electron chi connectivity index (χ1n) is 6.89. The average Bonchev–Trinajstić information content (AvgIpc) is 3.08. The Hall–Kier alpha value is -2.69. The molecule has 1 aromatic carbocycles. The van der Waals surface area contributed by atoms with Crippen molar-refractivity contribution < 1.29 is 9.53 Å². The number of carbonyl (C=O) groups excluding carboxylic acids is 1. The summed E-state index contributed by atoms with van der Waals surface area (Å²) in [6, 6.07) is 10.2. The van der Waals surface area contributed by atoms with Gasteiger partial charge in [0.05, 0.1) is 30.7 Å². The molecule has 4 rings (SSSR count). The molecule has 5 heteroatoms. The van der Waals surface area contributed by atoms with Crippen molar-refractivity contribution in [2.24, 2.45) is 4.99 Å². The Balaban J connectivity index is 1.84. The molecule has 2 heterocycles. The second kappa shape index (κ2) is 4.41. The van der Waals surface area contributed by atoms with E-state index in [4.69, 9.17) is 4.74 Å². The fourth-order valence-corrected chi connectivity index (χ4v) is 2.75. The Labute approximate surface area is 121 Å². The zero-order valence-electron chi connectivity index (χ0n) is 11.5. The van der Waals surface area contributed by atoms with Crippen LogP contribution in [0.25, 0.3) is 22.2 Å². The first-order valence-corrected chi connectivity index (χ1v) is 6.89. The number of ether oxygens (including phenoxy) is 1. The highest BCUT2D eigenvalue weighted by Crippen LogP contribution is 2.36. The van der Waals surface area contributed by atoms with E-state index in [0.717, 1.165) is 22.2 Å². The van der Waals surface area contributed by atoms with Crippen molar-refractivity contribution in [1.29, 1.82) is 0 Å². The van der Waals surface area contributed by atoms with Gasteiger partial charge in [0.1, 0.15) is 5.71 Å². The van der Waals surface area contributed by atoms with Crippen LogP contribution in [-0.4, -0.2) is 27.8 Å². The Morgan fingerprint density at radius 3 is 3.10 bits per heavy atom. The fourth-order valence-electron chi connectivity index (χ4n) is 2.75. The van der Waals surface area contributed by atoms with Gasteiger partial charge in [-0.2, -0.15) is 0 Å². The van der Waals surface area contributed by atoms with Crippen LogP contribution in [0.15, 0.2) is 41.5 Å². The number of carbonyl (C=O) groups is 1. The monoisotopic (exact) mass is 279 g/mol. The zero-order chi connectivity index (χ0) is 14.4. The predicted molar refractivity (Wildman–Crippen MR) is 80.1 cm³/mol. The highest BCUT2D eigenvalue weighted by molar-refractivity contribution is 6.37. The Kier molecular flexibility index (Phi) is 2.54. The van der Waals surface area contributed by atoms with E-state index in [2.05, 4.69) is 28.2 Å². The molecule has 0 saturated heterocycles. The molecule has 0 fully saturated rings. The maximum absolute atomic E-state index is 11.8. The van der Waals surface area contributed by atoms with E-state index in [1.807, 2.05) is 16.7 Å². The second-order valence-electron chi connectivity index (χ2n) is 4.95. The summed E-state index contributed by atoms with van der Waals surface area (Å²) in [6.07, 6.45) is 1.71. The third-order valence-corrected chi connectivity index (χ3v) is 3.70. The van der Waals surface area contributed by atoms with Gasteiger partial charge in [0.2, 0.25) is 0 Å². The van der Waals surface area contributed by atoms with Crippen LogP contribution >= 0.6 is 0 Å². The van der Waals surface area contributed by atoms with Gasteiger partial charge in [-0.05, 0) is 18.4 Å². The lowest BCUT2D eigenvalue weighted by atomic mass is 10.2. The first-order chi connectivity index (χ1) is 10.3. The molecule has 0 aromatic heterocycles. The summed E-state index contributed by atoms with van der Waals surface area (Å²) in [5, 5.41) is 2.26. The standard InChI is InChI=1S/C16H13N3O2/c1-2-21-16(20)12-9-19-13-7-10-5-3-4-6-11(10)15(13)17-8-14(19)18-12/h3-8H,2,9H2,1H3. The molecule has 0 radical (unpaired) electrons. The molecule has 0 bridgehead atoms. The van der Waals surface area contributed by atoms with E-state index in [-0.39, 0.29) is 5.97 Å². The van der Waals surface area contributed by atoms with Gasteiger partial charge in [-0.25, -0.2) is 9.79 Å². The van der Waals surface area contributed by atoms with E-state index in [9.17, 15) is 4.79 Å². The van der Waals surface area contributed by atoms with Crippen molar-refractivity contribution in [3.63, 3.8) is 0 Å². The smallest absolute Gasteiger partial charge is 0.354 e. The van der Waals surface area contributed by atoms with Crippen molar-refractivity contribution >= 4 is 28.3 Å². The van der Waals surface area contributed by atoms with Gasteiger partial charge in [0.15, 0.2) is 5.82 Å². The molecule has 1 aromatic rings. The molecule has 0 saturated carbocycles. The van der Waals surface area contributed by atoms with Crippen molar-refractivity contribution in [3.8, 4) is 11.4 Å². The van der Waals surface area contributed by atoms with Crippen LogP contribution in [0.3, 0.4) is 0 Å². The van der Waals surface area contributed by atoms with Crippen molar-refractivity contribution in [1.82, 2.24) is 9.55 Å². The van der Waals surface area contributed by atoms with E-state index < -0.39 is 0 Å². The normalized spacial score (nSPS) is 13.5. The second-order valence-corrected chi connectivity index (χ2v) is 4.95. The Morgan fingerprint density at radius 1 is 1.38 bits per heavy atom. The third-order valence-electron chi connectivity index (χ3n) is 3.70. The molecule has 5 nitrogen and oxygen atoms in total. The summed E-state index contributed by atoms with van der Waals surface area (Å²) >= 11 is 0. The van der Waals surface area contributed by atoms with Crippen LogP contribution in [0.2, 0.25) is 0 Å². The number of aromatic nitrogens is 2. The molecule has 0 spiro atoms. The van der Waals surface area contributed by atoms with Crippen LogP contribution in [0, 0.1) is 0 Å². The van der Waals surface area contributed by atoms with Gasteiger partial charge < -0.3 is 9.30 Å². The summed E-state index contributed by atoms with van der Waals surface area (Å²) in [5.74, 6) is 0.339. The first kappa shape index (κ1) is 12.1. The van der Waals surface area contributed by atoms with Crippen LogP contribution in [0.4, 0.5) is 5.82 Å². The van der Waals surface area contributed by atoms with Gasteiger partial charge in [-0.3, -0.25) is 4.98 Å². The minimum Gasteiger partial charge on any atom is -0.461 e. The maximum atomic E-state index is 11.8. The molecule has 3 aliphatic rings. The van der Waals surface area contributed by atoms with Crippen LogP contribution in [0.1, 0.15) is 6.92 Å². The molecule has 2 aliphatic heterocycles. The highest BCUT2D eigenvalue weighted by Gasteiger charge is 2.25. The van der Waals surface area contributed by atoms with Crippen LogP contribution < -0.4 is 0 Å². The van der Waals surface area contributed by atoms with E-state index in [1.54, 1.807) is 13.1 Å². The van der Waals surface area contributed by atoms with Crippen LogP contribution in [0.5, 0.6) is 0 Å². The topological polar surface area (TPSA) is 56.5 Å². The van der Waals surface area contributed by atoms with Crippen molar-refractivity contribution in [2.75, 3.05) is 6.61 Å². The highest BCUT2D eigenvalue weighted by atomic mass is 16.5. The molecular formula is C16H13N3O2. The summed E-state index contributed by atoms with van der Waals surface area (Å²) in [4.78, 5) is 20.7. The van der Waals surface area contributed by atoms with E-state index >= 15 is 0 Å².